The lowest BCUT2D eigenvalue weighted by molar-refractivity contribution is -0.122. The van der Waals surface area contributed by atoms with Crippen LogP contribution in [0.25, 0.3) is 0 Å². The molecule has 1 atom stereocenters. The summed E-state index contributed by atoms with van der Waals surface area (Å²) in [4.78, 5) is 12.3. The van der Waals surface area contributed by atoms with Gasteiger partial charge in [-0.15, -0.1) is 10.2 Å². The molecule has 1 aromatic heterocycles. The number of hydrogen-bond donors (Lipinski definition) is 1. The molecule has 0 bridgehead atoms. The topological polar surface area (TPSA) is 69.0 Å². The molecule has 7 heteroatoms. The van der Waals surface area contributed by atoms with Crippen molar-refractivity contribution in [2.45, 2.75) is 45.8 Å². The van der Waals surface area contributed by atoms with Gasteiger partial charge in [0.1, 0.15) is 11.6 Å². The first kappa shape index (κ1) is 15.8. The second-order valence-electron chi connectivity index (χ2n) is 5.73. The Labute approximate surface area is 139 Å². The first-order chi connectivity index (χ1) is 11.0. The van der Waals surface area contributed by atoms with Gasteiger partial charge >= 0.3 is 0 Å². The molecule has 1 aliphatic heterocycles. The maximum Gasteiger partial charge on any atom is 0.267 e. The van der Waals surface area contributed by atoms with Crippen molar-refractivity contribution in [3.05, 3.63) is 34.6 Å². The molecule has 2 aromatic rings. The number of amides is 1. The summed E-state index contributed by atoms with van der Waals surface area (Å²) >= 11 is 6.10. The van der Waals surface area contributed by atoms with Crippen LogP contribution in [-0.4, -0.2) is 26.8 Å². The highest BCUT2D eigenvalue weighted by atomic mass is 35.5. The second-order valence-corrected chi connectivity index (χ2v) is 6.14. The van der Waals surface area contributed by atoms with Crippen molar-refractivity contribution in [2.75, 3.05) is 5.32 Å². The van der Waals surface area contributed by atoms with E-state index in [1.807, 2.05) is 23.6 Å². The number of hydrogen-bond acceptors (Lipinski definition) is 4. The van der Waals surface area contributed by atoms with E-state index in [0.29, 0.717) is 16.7 Å². The van der Waals surface area contributed by atoms with Crippen molar-refractivity contribution >= 4 is 23.5 Å². The number of carbonyl (C=O) groups excluding carboxylic acids is 1. The number of benzene rings is 1. The van der Waals surface area contributed by atoms with E-state index in [-0.39, 0.29) is 5.91 Å². The molecular weight excluding hydrogens is 316 g/mol. The molecule has 0 saturated carbocycles. The summed E-state index contributed by atoms with van der Waals surface area (Å²) in [5.41, 5.74) is 1.02. The standard InChI is InChI=1S/C16H19ClN4O2/c1-10-6-7-12(17)13(9-10)23-11(2)15(22)18-16-20-19-14-5-3-4-8-21(14)16/h6-7,9,11H,3-5,8H2,1-2H3,(H,18,20,22)/t11-/m1/s1. The maximum atomic E-state index is 12.3. The molecule has 1 aliphatic rings. The van der Waals surface area contributed by atoms with Gasteiger partial charge in [0.2, 0.25) is 5.95 Å². The van der Waals surface area contributed by atoms with E-state index < -0.39 is 6.10 Å². The normalized spacial score (nSPS) is 14.9. The molecule has 6 nitrogen and oxygen atoms in total. The zero-order valence-corrected chi connectivity index (χ0v) is 13.9. The zero-order chi connectivity index (χ0) is 16.4. The predicted molar refractivity (Wildman–Crippen MR) is 87.9 cm³/mol. The second kappa shape index (κ2) is 6.58. The molecule has 0 aliphatic carbocycles. The summed E-state index contributed by atoms with van der Waals surface area (Å²) in [6, 6.07) is 5.46. The molecule has 0 radical (unpaired) electrons. The van der Waals surface area contributed by atoms with Crippen molar-refractivity contribution in [1.82, 2.24) is 14.8 Å². The molecule has 0 fully saturated rings. The van der Waals surface area contributed by atoms with Crippen LogP contribution in [0.3, 0.4) is 0 Å². The van der Waals surface area contributed by atoms with Crippen molar-refractivity contribution < 1.29 is 9.53 Å². The minimum Gasteiger partial charge on any atom is -0.479 e. The number of fused-ring (bicyclic) bond motifs is 1. The number of carbonyl (C=O) groups is 1. The lowest BCUT2D eigenvalue weighted by atomic mass is 10.2. The van der Waals surface area contributed by atoms with E-state index in [1.165, 1.54) is 0 Å². The maximum absolute atomic E-state index is 12.3. The number of nitrogens with one attached hydrogen (secondary N) is 1. The highest BCUT2D eigenvalue weighted by molar-refractivity contribution is 6.32. The molecule has 1 aromatic carbocycles. The first-order valence-electron chi connectivity index (χ1n) is 7.70. The van der Waals surface area contributed by atoms with Crippen LogP contribution in [0.1, 0.15) is 31.2 Å². The van der Waals surface area contributed by atoms with Crippen molar-refractivity contribution in [2.24, 2.45) is 0 Å². The highest BCUT2D eigenvalue weighted by Crippen LogP contribution is 2.26. The van der Waals surface area contributed by atoms with Crippen molar-refractivity contribution in [3.63, 3.8) is 0 Å². The summed E-state index contributed by atoms with van der Waals surface area (Å²) in [6.45, 7) is 4.45. The Hall–Kier alpha value is -2.08. The zero-order valence-electron chi connectivity index (χ0n) is 13.2. The molecule has 1 N–H and O–H groups in total. The van der Waals surface area contributed by atoms with Gasteiger partial charge in [0.15, 0.2) is 6.10 Å². The third-order valence-electron chi connectivity index (χ3n) is 3.85. The summed E-state index contributed by atoms with van der Waals surface area (Å²) in [5, 5.41) is 11.4. The van der Waals surface area contributed by atoms with Gasteiger partial charge in [0.05, 0.1) is 5.02 Å². The van der Waals surface area contributed by atoms with E-state index in [0.717, 1.165) is 37.2 Å². The van der Waals surface area contributed by atoms with Crippen LogP contribution in [0.2, 0.25) is 5.02 Å². The predicted octanol–water partition coefficient (Wildman–Crippen LogP) is 2.98. The number of rotatable bonds is 4. The van der Waals surface area contributed by atoms with Gasteiger partial charge in [-0.3, -0.25) is 14.7 Å². The van der Waals surface area contributed by atoms with Gasteiger partial charge in [-0.1, -0.05) is 17.7 Å². The number of halogens is 1. The Morgan fingerprint density at radius 2 is 2.22 bits per heavy atom. The highest BCUT2D eigenvalue weighted by Gasteiger charge is 2.21. The number of aryl methyl sites for hydroxylation is 2. The number of nitrogens with zero attached hydrogens (tertiary/aromatic N) is 3. The van der Waals surface area contributed by atoms with Crippen LogP contribution in [-0.2, 0) is 17.8 Å². The molecule has 1 amide bonds. The van der Waals surface area contributed by atoms with Crippen molar-refractivity contribution in [1.29, 1.82) is 0 Å². The lowest BCUT2D eigenvalue weighted by Gasteiger charge is -2.17. The Morgan fingerprint density at radius 3 is 3.04 bits per heavy atom. The van der Waals surface area contributed by atoms with Gasteiger partial charge in [0, 0.05) is 13.0 Å². The van der Waals surface area contributed by atoms with Gasteiger partial charge in [-0.2, -0.15) is 0 Å². The fourth-order valence-electron chi connectivity index (χ4n) is 2.56. The van der Waals surface area contributed by atoms with Gasteiger partial charge in [0.25, 0.3) is 5.91 Å². The van der Waals surface area contributed by atoms with Crippen molar-refractivity contribution in [3.8, 4) is 5.75 Å². The van der Waals surface area contributed by atoms with E-state index in [4.69, 9.17) is 16.3 Å². The number of anilines is 1. The first-order valence-corrected chi connectivity index (χ1v) is 8.08. The summed E-state index contributed by atoms with van der Waals surface area (Å²) in [5.74, 6) is 1.62. The molecule has 122 valence electrons. The molecule has 0 unspecified atom stereocenters. The average molecular weight is 335 g/mol. The fourth-order valence-corrected chi connectivity index (χ4v) is 2.72. The van der Waals surface area contributed by atoms with E-state index in [9.17, 15) is 4.79 Å². The summed E-state index contributed by atoms with van der Waals surface area (Å²) in [7, 11) is 0. The Kier molecular flexibility index (Phi) is 4.52. The Bertz CT molecular complexity index is 729. The van der Waals surface area contributed by atoms with E-state index in [2.05, 4.69) is 15.5 Å². The Morgan fingerprint density at radius 1 is 1.39 bits per heavy atom. The molecule has 0 saturated heterocycles. The van der Waals surface area contributed by atoms with E-state index in [1.54, 1.807) is 13.0 Å². The molecule has 2 heterocycles. The van der Waals surface area contributed by atoms with Crippen LogP contribution >= 0.6 is 11.6 Å². The van der Waals surface area contributed by atoms with Crippen LogP contribution in [0.15, 0.2) is 18.2 Å². The lowest BCUT2D eigenvalue weighted by Crippen LogP contribution is -2.31. The molecule has 23 heavy (non-hydrogen) atoms. The summed E-state index contributed by atoms with van der Waals surface area (Å²) in [6.07, 6.45) is 2.38. The smallest absolute Gasteiger partial charge is 0.267 e. The van der Waals surface area contributed by atoms with Gasteiger partial charge in [-0.05, 0) is 44.4 Å². The van der Waals surface area contributed by atoms with Gasteiger partial charge < -0.3 is 4.74 Å². The largest absolute Gasteiger partial charge is 0.479 e. The van der Waals surface area contributed by atoms with Crippen LogP contribution in [0, 0.1) is 6.92 Å². The third kappa shape index (κ3) is 3.47. The van der Waals surface area contributed by atoms with Crippen LogP contribution in [0.4, 0.5) is 5.95 Å². The minimum atomic E-state index is -0.689. The quantitative estimate of drug-likeness (QED) is 0.933. The monoisotopic (exact) mass is 334 g/mol. The third-order valence-corrected chi connectivity index (χ3v) is 4.17. The molecule has 0 spiro atoms. The van der Waals surface area contributed by atoms with Crippen LogP contribution in [0.5, 0.6) is 5.75 Å². The van der Waals surface area contributed by atoms with Crippen LogP contribution < -0.4 is 10.1 Å². The molecule has 3 rings (SSSR count). The number of aromatic nitrogens is 3. The number of ether oxygens (including phenoxy) is 1. The average Bonchev–Trinajstić information content (AvgIpc) is 2.94. The fraction of sp³-hybridized carbons (Fsp3) is 0.438. The Balaban J connectivity index is 1.68. The minimum absolute atomic E-state index is 0.275. The van der Waals surface area contributed by atoms with E-state index >= 15 is 0 Å². The summed E-state index contributed by atoms with van der Waals surface area (Å²) < 4.78 is 7.63. The molecular formula is C16H19ClN4O2. The van der Waals surface area contributed by atoms with Gasteiger partial charge in [-0.25, -0.2) is 0 Å². The SMILES string of the molecule is Cc1ccc(Cl)c(O[C@H](C)C(=O)Nc2nnc3n2CCCC3)c1.